The molecule has 6 nitrogen and oxygen atoms in total. The van der Waals surface area contributed by atoms with E-state index in [0.29, 0.717) is 25.2 Å². The maximum absolute atomic E-state index is 12.9. The minimum atomic E-state index is 0.0444. The highest BCUT2D eigenvalue weighted by Crippen LogP contribution is 2.20. The number of rotatable bonds is 10. The van der Waals surface area contributed by atoms with Crippen LogP contribution in [0, 0.1) is 0 Å². The van der Waals surface area contributed by atoms with E-state index in [-0.39, 0.29) is 12.0 Å². The molecule has 1 aliphatic heterocycles. The summed E-state index contributed by atoms with van der Waals surface area (Å²) in [5.74, 6) is 0.886. The lowest BCUT2D eigenvalue weighted by atomic mass is 10.1. The molecule has 0 spiro atoms. The molecule has 2 aromatic carbocycles. The zero-order valence-corrected chi connectivity index (χ0v) is 19.5. The summed E-state index contributed by atoms with van der Waals surface area (Å²) >= 11 is 0. The van der Waals surface area contributed by atoms with Crippen LogP contribution in [0.25, 0.3) is 0 Å². The second kappa shape index (κ2) is 11.7. The summed E-state index contributed by atoms with van der Waals surface area (Å²) in [6.45, 7) is 7.23. The van der Waals surface area contributed by atoms with Gasteiger partial charge >= 0.3 is 0 Å². The molecule has 0 unspecified atom stereocenters. The van der Waals surface area contributed by atoms with Gasteiger partial charge in [-0.05, 0) is 62.1 Å². The van der Waals surface area contributed by atoms with Gasteiger partial charge in [-0.2, -0.15) is 5.10 Å². The summed E-state index contributed by atoms with van der Waals surface area (Å²) in [5, 5.41) is 4.21. The zero-order chi connectivity index (χ0) is 22.9. The van der Waals surface area contributed by atoms with E-state index in [4.69, 9.17) is 4.74 Å². The zero-order valence-electron chi connectivity index (χ0n) is 19.5. The maximum Gasteiger partial charge on any atom is 0.253 e. The molecule has 0 atom stereocenters. The topological polar surface area (TPSA) is 50.6 Å². The number of hydrogen-bond acceptors (Lipinski definition) is 4. The molecule has 1 fully saturated rings. The number of aromatic nitrogens is 2. The van der Waals surface area contributed by atoms with Crippen molar-refractivity contribution in [2.24, 2.45) is 0 Å². The molecule has 3 aromatic rings. The normalized spacial score (nSPS) is 14.8. The molecule has 1 aliphatic rings. The van der Waals surface area contributed by atoms with Gasteiger partial charge in [0.25, 0.3) is 5.91 Å². The number of piperidine rings is 1. The van der Waals surface area contributed by atoms with Crippen molar-refractivity contribution in [3.63, 3.8) is 0 Å². The van der Waals surface area contributed by atoms with Crippen molar-refractivity contribution in [1.82, 2.24) is 19.6 Å². The molecule has 0 N–H and O–H groups in total. The van der Waals surface area contributed by atoms with Crippen LogP contribution in [-0.4, -0.2) is 64.3 Å². The molecule has 0 bridgehead atoms. The standard InChI is InChI=1S/C27H34N4O2/c1-2-30(21-22-31-17-6-16-28-31)27(32)24-9-11-25(12-10-24)33-26-14-19-29(20-15-26)18-13-23-7-4-3-5-8-23/h3-12,16-17,26H,2,13-15,18-22H2,1H3. The first-order valence-corrected chi connectivity index (χ1v) is 12.0. The Morgan fingerprint density at radius 3 is 2.45 bits per heavy atom. The summed E-state index contributed by atoms with van der Waals surface area (Å²) in [5.41, 5.74) is 2.09. The van der Waals surface area contributed by atoms with Crippen LogP contribution in [0.15, 0.2) is 73.1 Å². The van der Waals surface area contributed by atoms with Gasteiger partial charge in [0.1, 0.15) is 11.9 Å². The first-order valence-electron chi connectivity index (χ1n) is 12.0. The molecule has 2 heterocycles. The highest BCUT2D eigenvalue weighted by molar-refractivity contribution is 5.94. The van der Waals surface area contributed by atoms with Crippen molar-refractivity contribution in [3.05, 3.63) is 84.2 Å². The Hall–Kier alpha value is -3.12. The second-order valence-corrected chi connectivity index (χ2v) is 8.57. The van der Waals surface area contributed by atoms with Crippen molar-refractivity contribution in [1.29, 1.82) is 0 Å². The second-order valence-electron chi connectivity index (χ2n) is 8.57. The van der Waals surface area contributed by atoms with Crippen LogP contribution in [0.1, 0.15) is 35.7 Å². The van der Waals surface area contributed by atoms with E-state index in [0.717, 1.165) is 44.6 Å². The number of nitrogens with zero attached hydrogens (tertiary/aromatic N) is 4. The minimum absolute atomic E-state index is 0.0444. The van der Waals surface area contributed by atoms with E-state index >= 15 is 0 Å². The Bertz CT molecular complexity index is 965. The monoisotopic (exact) mass is 446 g/mol. The van der Waals surface area contributed by atoms with Crippen LogP contribution in [0.5, 0.6) is 5.75 Å². The molecular weight excluding hydrogens is 412 g/mol. The van der Waals surface area contributed by atoms with E-state index in [1.165, 1.54) is 5.56 Å². The van der Waals surface area contributed by atoms with Crippen molar-refractivity contribution in [2.75, 3.05) is 32.7 Å². The first-order chi connectivity index (χ1) is 16.2. The summed E-state index contributed by atoms with van der Waals surface area (Å²) in [4.78, 5) is 17.3. The highest BCUT2D eigenvalue weighted by Gasteiger charge is 2.21. The molecule has 1 saturated heterocycles. The molecule has 0 saturated carbocycles. The van der Waals surface area contributed by atoms with Crippen LogP contribution < -0.4 is 4.74 Å². The smallest absolute Gasteiger partial charge is 0.253 e. The van der Waals surface area contributed by atoms with Gasteiger partial charge in [0.05, 0.1) is 6.54 Å². The predicted molar refractivity (Wildman–Crippen MR) is 130 cm³/mol. The molecule has 4 rings (SSSR count). The van der Waals surface area contributed by atoms with Crippen LogP contribution in [0.2, 0.25) is 0 Å². The van der Waals surface area contributed by atoms with Crippen LogP contribution in [-0.2, 0) is 13.0 Å². The Morgan fingerprint density at radius 2 is 1.79 bits per heavy atom. The molecule has 174 valence electrons. The summed E-state index contributed by atoms with van der Waals surface area (Å²) in [6.07, 6.45) is 7.07. The number of likely N-dealkylation sites (N-methyl/N-ethyl adjacent to an activating group) is 1. The number of carbonyl (C=O) groups is 1. The first kappa shape index (κ1) is 23.1. The third-order valence-electron chi connectivity index (χ3n) is 6.33. The highest BCUT2D eigenvalue weighted by atomic mass is 16.5. The molecule has 1 aromatic heterocycles. The number of hydrogen-bond donors (Lipinski definition) is 0. The fourth-order valence-corrected chi connectivity index (χ4v) is 4.29. The predicted octanol–water partition coefficient (Wildman–Crippen LogP) is 4.13. The lowest BCUT2D eigenvalue weighted by Gasteiger charge is -2.32. The summed E-state index contributed by atoms with van der Waals surface area (Å²) in [7, 11) is 0. The van der Waals surface area contributed by atoms with Gasteiger partial charge in [0.2, 0.25) is 0 Å². The SMILES string of the molecule is CCN(CCn1cccn1)C(=O)c1ccc(OC2CCN(CCc3ccccc3)CC2)cc1. The largest absolute Gasteiger partial charge is 0.490 e. The summed E-state index contributed by atoms with van der Waals surface area (Å²) < 4.78 is 8.07. The van der Waals surface area contributed by atoms with Crippen molar-refractivity contribution >= 4 is 5.91 Å². The lowest BCUT2D eigenvalue weighted by molar-refractivity contribution is 0.0757. The van der Waals surface area contributed by atoms with Gasteiger partial charge in [-0.3, -0.25) is 9.48 Å². The van der Waals surface area contributed by atoms with Crippen molar-refractivity contribution in [2.45, 2.75) is 38.8 Å². The van der Waals surface area contributed by atoms with E-state index in [9.17, 15) is 4.79 Å². The molecule has 6 heteroatoms. The van der Waals surface area contributed by atoms with Gasteiger partial charge < -0.3 is 14.5 Å². The Balaban J connectivity index is 1.22. The maximum atomic E-state index is 12.9. The summed E-state index contributed by atoms with van der Waals surface area (Å²) in [6, 6.07) is 20.2. The van der Waals surface area contributed by atoms with Crippen LogP contribution in [0.4, 0.5) is 0 Å². The van der Waals surface area contributed by atoms with E-state index in [1.807, 2.05) is 53.0 Å². The van der Waals surface area contributed by atoms with Crippen LogP contribution >= 0.6 is 0 Å². The molecule has 33 heavy (non-hydrogen) atoms. The number of carbonyl (C=O) groups excluding carboxylic acids is 1. The van der Waals surface area contributed by atoms with Crippen molar-refractivity contribution in [3.8, 4) is 5.75 Å². The fraction of sp³-hybridized carbons (Fsp3) is 0.407. The van der Waals surface area contributed by atoms with E-state index < -0.39 is 0 Å². The van der Waals surface area contributed by atoms with Gasteiger partial charge in [-0.25, -0.2) is 0 Å². The third-order valence-corrected chi connectivity index (χ3v) is 6.33. The van der Waals surface area contributed by atoms with Gasteiger partial charge in [-0.1, -0.05) is 30.3 Å². The van der Waals surface area contributed by atoms with E-state index in [2.05, 4.69) is 40.3 Å². The van der Waals surface area contributed by atoms with Gasteiger partial charge in [-0.15, -0.1) is 0 Å². The lowest BCUT2D eigenvalue weighted by Crippen LogP contribution is -2.39. The average Bonchev–Trinajstić information content (AvgIpc) is 3.39. The number of likely N-dealkylation sites (tertiary alicyclic amines) is 1. The molecule has 0 radical (unpaired) electrons. The van der Waals surface area contributed by atoms with E-state index in [1.54, 1.807) is 6.20 Å². The van der Waals surface area contributed by atoms with Gasteiger partial charge in [0, 0.05) is 50.7 Å². The quantitative estimate of drug-likeness (QED) is 0.470. The van der Waals surface area contributed by atoms with Gasteiger partial charge in [0.15, 0.2) is 0 Å². The molecule has 0 aliphatic carbocycles. The van der Waals surface area contributed by atoms with Crippen molar-refractivity contribution < 1.29 is 9.53 Å². The minimum Gasteiger partial charge on any atom is -0.490 e. The fourth-order valence-electron chi connectivity index (χ4n) is 4.29. The Kier molecular flexibility index (Phi) is 8.14. The molecule has 1 amide bonds. The number of benzene rings is 2. The molecular formula is C27H34N4O2. The number of amides is 1. The van der Waals surface area contributed by atoms with Crippen LogP contribution in [0.3, 0.4) is 0 Å². The Morgan fingerprint density at radius 1 is 1.03 bits per heavy atom. The number of ether oxygens (including phenoxy) is 1. The Labute approximate surface area is 196 Å². The third kappa shape index (κ3) is 6.68. The average molecular weight is 447 g/mol.